The number of halogens is 1. The number of nitrogens with zero attached hydrogens (tertiary/aromatic N) is 4. The van der Waals surface area contributed by atoms with Crippen LogP contribution in [0.25, 0.3) is 11.0 Å². The maximum absolute atomic E-state index is 13.6. The summed E-state index contributed by atoms with van der Waals surface area (Å²) in [6.45, 7) is 2.23. The van der Waals surface area contributed by atoms with Crippen LogP contribution in [0.15, 0.2) is 91.8 Å². The number of para-hydroxylation sites is 1. The zero-order valence-corrected chi connectivity index (χ0v) is 21.0. The Morgan fingerprint density at radius 3 is 2.54 bits per heavy atom. The summed E-state index contributed by atoms with van der Waals surface area (Å²) in [5.74, 6) is 0.353. The maximum Gasteiger partial charge on any atom is 0.289 e. The number of rotatable bonds is 5. The van der Waals surface area contributed by atoms with E-state index >= 15 is 0 Å². The average Bonchev–Trinajstić information content (AvgIpc) is 3.64. The molecule has 2 aliphatic heterocycles. The van der Waals surface area contributed by atoms with Gasteiger partial charge in [0.1, 0.15) is 17.2 Å². The Kier molecular flexibility index (Phi) is 6.76. The first-order valence-electron chi connectivity index (χ1n) is 12.8. The third kappa shape index (κ3) is 5.51. The number of amides is 2. The molecule has 2 aliphatic rings. The number of guanidine groups is 1. The highest BCUT2D eigenvalue weighted by Crippen LogP contribution is 2.29. The fourth-order valence-corrected chi connectivity index (χ4v) is 4.83. The van der Waals surface area contributed by atoms with Crippen molar-refractivity contribution < 1.29 is 22.8 Å². The van der Waals surface area contributed by atoms with Gasteiger partial charge in [-0.3, -0.25) is 19.8 Å². The Hall–Kier alpha value is -4.57. The van der Waals surface area contributed by atoms with Crippen molar-refractivity contribution in [3.63, 3.8) is 0 Å². The molecule has 4 aromatic rings. The number of furan rings is 2. The molecular weight excluding hydrogens is 501 g/mol. The van der Waals surface area contributed by atoms with Crippen molar-refractivity contribution in [2.45, 2.75) is 12.5 Å². The van der Waals surface area contributed by atoms with E-state index in [4.69, 9.17) is 8.83 Å². The molecule has 4 heterocycles. The van der Waals surface area contributed by atoms with Gasteiger partial charge in [0.05, 0.1) is 24.6 Å². The molecule has 2 aromatic heterocycles. The summed E-state index contributed by atoms with van der Waals surface area (Å²) in [4.78, 5) is 38.5. The van der Waals surface area contributed by atoms with Crippen molar-refractivity contribution in [3.05, 3.63) is 95.9 Å². The van der Waals surface area contributed by atoms with Gasteiger partial charge in [0, 0.05) is 38.0 Å². The van der Waals surface area contributed by atoms with Crippen molar-refractivity contribution in [3.8, 4) is 0 Å². The van der Waals surface area contributed by atoms with Crippen LogP contribution < -0.4 is 5.32 Å². The van der Waals surface area contributed by atoms with E-state index in [1.807, 2.05) is 35.2 Å². The summed E-state index contributed by atoms with van der Waals surface area (Å²) in [7, 11) is 0. The van der Waals surface area contributed by atoms with Gasteiger partial charge < -0.3 is 13.7 Å². The number of hydrogen-bond donors (Lipinski definition) is 1. The molecule has 1 fully saturated rings. The van der Waals surface area contributed by atoms with Crippen LogP contribution in [0, 0.1) is 5.82 Å². The first-order chi connectivity index (χ1) is 19.0. The van der Waals surface area contributed by atoms with E-state index in [0.29, 0.717) is 49.8 Å². The van der Waals surface area contributed by atoms with Gasteiger partial charge in [-0.05, 0) is 42.0 Å². The van der Waals surface area contributed by atoms with Gasteiger partial charge in [0.15, 0.2) is 5.76 Å². The van der Waals surface area contributed by atoms with E-state index in [9.17, 15) is 14.0 Å². The van der Waals surface area contributed by atoms with Gasteiger partial charge in [-0.15, -0.1) is 0 Å². The predicted molar refractivity (Wildman–Crippen MR) is 143 cm³/mol. The van der Waals surface area contributed by atoms with Crippen LogP contribution in [0.4, 0.5) is 4.39 Å². The number of carbonyl (C=O) groups excluding carboxylic acids is 2. The number of carbonyl (C=O) groups is 2. The second-order valence-electron chi connectivity index (χ2n) is 9.52. The number of aliphatic imine (C=N–C) groups is 2. The molecule has 39 heavy (non-hydrogen) atoms. The van der Waals surface area contributed by atoms with E-state index in [0.717, 1.165) is 16.5 Å². The maximum atomic E-state index is 13.6. The molecule has 6 rings (SSSR count). The second-order valence-corrected chi connectivity index (χ2v) is 9.52. The summed E-state index contributed by atoms with van der Waals surface area (Å²) in [5, 5.41) is 3.79. The SMILES string of the molecule is O=C(CN1CCN(C(=O)c2ccco2)CC1)NC1=NC(c2ccc(F)cc2)CC(c2cc3ccccc3o2)=N1. The Morgan fingerprint density at radius 2 is 1.79 bits per heavy atom. The smallest absolute Gasteiger partial charge is 0.289 e. The molecule has 0 spiro atoms. The fraction of sp³-hybridized carbons (Fsp3) is 0.241. The van der Waals surface area contributed by atoms with E-state index < -0.39 is 0 Å². The van der Waals surface area contributed by atoms with Crippen molar-refractivity contribution in [1.29, 1.82) is 0 Å². The largest absolute Gasteiger partial charge is 0.459 e. The first-order valence-corrected chi connectivity index (χ1v) is 12.8. The lowest BCUT2D eigenvalue weighted by Gasteiger charge is -2.33. The zero-order chi connectivity index (χ0) is 26.8. The van der Waals surface area contributed by atoms with E-state index in [1.165, 1.54) is 18.4 Å². The monoisotopic (exact) mass is 527 g/mol. The third-order valence-electron chi connectivity index (χ3n) is 6.88. The van der Waals surface area contributed by atoms with E-state index in [1.54, 1.807) is 29.2 Å². The lowest BCUT2D eigenvalue weighted by Crippen LogP contribution is -2.51. The van der Waals surface area contributed by atoms with Gasteiger partial charge in [-0.25, -0.2) is 14.4 Å². The number of benzene rings is 2. The molecular formula is C29H26FN5O4. The Balaban J connectivity index is 1.15. The number of fused-ring (bicyclic) bond motifs is 1. The summed E-state index contributed by atoms with van der Waals surface area (Å²) in [6.07, 6.45) is 1.92. The highest BCUT2D eigenvalue weighted by Gasteiger charge is 2.27. The Bertz CT molecular complexity index is 1520. The van der Waals surface area contributed by atoms with Gasteiger partial charge in [-0.2, -0.15) is 0 Å². The van der Waals surface area contributed by atoms with Crippen molar-refractivity contribution in [1.82, 2.24) is 15.1 Å². The summed E-state index contributed by atoms with van der Waals surface area (Å²) in [6, 6.07) is 18.7. The van der Waals surface area contributed by atoms with Crippen LogP contribution in [0.1, 0.15) is 34.3 Å². The minimum atomic E-state index is -0.363. The molecule has 0 aliphatic carbocycles. The topological polar surface area (TPSA) is 104 Å². The fourth-order valence-electron chi connectivity index (χ4n) is 4.83. The summed E-state index contributed by atoms with van der Waals surface area (Å²) in [5.41, 5.74) is 2.20. The number of hydrogen-bond acceptors (Lipinski definition) is 7. The highest BCUT2D eigenvalue weighted by molar-refractivity contribution is 6.11. The van der Waals surface area contributed by atoms with Gasteiger partial charge in [0.25, 0.3) is 5.91 Å². The lowest BCUT2D eigenvalue weighted by molar-refractivity contribution is -0.121. The van der Waals surface area contributed by atoms with Crippen molar-refractivity contribution in [2.24, 2.45) is 9.98 Å². The van der Waals surface area contributed by atoms with E-state index in [-0.39, 0.29) is 36.2 Å². The molecule has 0 bridgehead atoms. The number of piperazine rings is 1. The van der Waals surface area contributed by atoms with Crippen LogP contribution in [-0.4, -0.2) is 66.0 Å². The molecule has 9 nitrogen and oxygen atoms in total. The Labute approximate surface area is 223 Å². The second kappa shape index (κ2) is 10.7. The quantitative estimate of drug-likeness (QED) is 0.422. The summed E-state index contributed by atoms with van der Waals surface area (Å²) >= 11 is 0. The molecule has 198 valence electrons. The van der Waals surface area contributed by atoms with Crippen LogP contribution >= 0.6 is 0 Å². The van der Waals surface area contributed by atoms with Gasteiger partial charge in [0.2, 0.25) is 11.9 Å². The molecule has 1 unspecified atom stereocenters. The minimum absolute atomic E-state index is 0.137. The average molecular weight is 528 g/mol. The number of nitrogens with one attached hydrogen (secondary N) is 1. The van der Waals surface area contributed by atoms with E-state index in [2.05, 4.69) is 15.3 Å². The van der Waals surface area contributed by atoms with Crippen LogP contribution in [0.2, 0.25) is 0 Å². The third-order valence-corrected chi connectivity index (χ3v) is 6.88. The molecule has 2 aromatic carbocycles. The van der Waals surface area contributed by atoms with Crippen molar-refractivity contribution >= 4 is 34.5 Å². The van der Waals surface area contributed by atoms with Crippen molar-refractivity contribution in [2.75, 3.05) is 32.7 Å². The van der Waals surface area contributed by atoms with Crippen LogP contribution in [0.3, 0.4) is 0 Å². The standard InChI is InChI=1S/C29H26FN5O4/c30-21-9-7-19(8-10-21)22-17-23(26-16-20-4-1-2-5-24(20)39-26)32-29(31-22)33-27(36)18-34-11-13-35(14-12-34)28(37)25-6-3-15-38-25/h1-10,15-16,22H,11-14,17-18H2,(H,31,33,36). The molecule has 1 atom stereocenters. The first kappa shape index (κ1) is 24.7. The van der Waals surface area contributed by atoms with Crippen LogP contribution in [0.5, 0.6) is 0 Å². The molecule has 2 amide bonds. The van der Waals surface area contributed by atoms with Crippen LogP contribution in [-0.2, 0) is 4.79 Å². The summed E-state index contributed by atoms with van der Waals surface area (Å²) < 4.78 is 24.8. The molecule has 0 radical (unpaired) electrons. The predicted octanol–water partition coefficient (Wildman–Crippen LogP) is 4.03. The molecule has 1 N–H and O–H groups in total. The zero-order valence-electron chi connectivity index (χ0n) is 21.0. The van der Waals surface area contributed by atoms with Gasteiger partial charge >= 0.3 is 0 Å². The van der Waals surface area contributed by atoms with Gasteiger partial charge in [-0.1, -0.05) is 30.3 Å². The highest BCUT2D eigenvalue weighted by atomic mass is 19.1. The lowest BCUT2D eigenvalue weighted by atomic mass is 9.99. The molecule has 10 heteroatoms. The molecule has 1 saturated heterocycles. The minimum Gasteiger partial charge on any atom is -0.459 e. The molecule has 0 saturated carbocycles. The normalized spacial score (nSPS) is 18.1. The Morgan fingerprint density at radius 1 is 1.00 bits per heavy atom.